The van der Waals surface area contributed by atoms with Gasteiger partial charge in [0.1, 0.15) is 34.8 Å². The first kappa shape index (κ1) is 27.7. The summed E-state index contributed by atoms with van der Waals surface area (Å²) in [4.78, 5) is 23.2. The largest absolute Gasteiger partial charge is 0.471 e. The van der Waals surface area contributed by atoms with Gasteiger partial charge >= 0.3 is 6.09 Å². The van der Waals surface area contributed by atoms with E-state index >= 15 is 0 Å². The molecule has 5 heterocycles. The first-order valence-electron chi connectivity index (χ1n) is 13.9. The third-order valence-electron chi connectivity index (χ3n) is 7.47. The van der Waals surface area contributed by atoms with Crippen LogP contribution in [0.2, 0.25) is 0 Å². The Hall–Kier alpha value is -4.50. The SMILES string of the molecule is Cc1c(-c2cc(OC(C)c3cccc4ncsc34)n3c(C#N)cnc3c2)nnn1C1CCN(C(=O)OC(C)(C)C)CC1. The summed E-state index contributed by atoms with van der Waals surface area (Å²) < 4.78 is 16.8. The lowest BCUT2D eigenvalue weighted by Crippen LogP contribution is -2.42. The van der Waals surface area contributed by atoms with Crippen molar-refractivity contribution in [3.8, 4) is 23.2 Å². The number of piperidine rings is 1. The van der Waals surface area contributed by atoms with Gasteiger partial charge in [0, 0.05) is 30.3 Å². The maximum absolute atomic E-state index is 12.5. The summed E-state index contributed by atoms with van der Waals surface area (Å²) in [6.07, 6.45) is 2.46. The number of imidazole rings is 1. The molecule has 0 bridgehead atoms. The number of nitrogens with zero attached hydrogens (tertiary/aromatic N) is 8. The van der Waals surface area contributed by atoms with E-state index in [1.165, 1.54) is 0 Å². The van der Waals surface area contributed by atoms with E-state index in [2.05, 4.69) is 26.3 Å². The Morgan fingerprint density at radius 1 is 1.19 bits per heavy atom. The Morgan fingerprint density at radius 2 is 1.98 bits per heavy atom. The maximum Gasteiger partial charge on any atom is 0.410 e. The quantitative estimate of drug-likeness (QED) is 0.243. The Balaban J connectivity index is 1.28. The zero-order valence-corrected chi connectivity index (χ0v) is 25.1. The second-order valence-electron chi connectivity index (χ2n) is 11.5. The molecule has 0 N–H and O–H groups in total. The molecule has 0 saturated carbocycles. The van der Waals surface area contributed by atoms with Crippen LogP contribution in [0.4, 0.5) is 4.79 Å². The van der Waals surface area contributed by atoms with E-state index in [-0.39, 0.29) is 18.2 Å². The van der Waals surface area contributed by atoms with E-state index in [1.807, 2.05) is 75.1 Å². The minimum Gasteiger partial charge on any atom is -0.471 e. The Kier molecular flexibility index (Phi) is 7.06. The van der Waals surface area contributed by atoms with E-state index in [0.717, 1.165) is 45.6 Å². The average molecular weight is 585 g/mol. The zero-order chi connectivity index (χ0) is 29.6. The minimum atomic E-state index is -0.524. The van der Waals surface area contributed by atoms with Gasteiger partial charge in [0.05, 0.1) is 33.7 Å². The maximum atomic E-state index is 12.5. The van der Waals surface area contributed by atoms with Crippen LogP contribution in [0.15, 0.2) is 42.0 Å². The van der Waals surface area contributed by atoms with E-state index < -0.39 is 5.60 Å². The van der Waals surface area contributed by atoms with Crippen LogP contribution in [0.1, 0.15) is 69.6 Å². The van der Waals surface area contributed by atoms with Crippen LogP contribution in [0.3, 0.4) is 0 Å². The second-order valence-corrected chi connectivity index (χ2v) is 12.4. The van der Waals surface area contributed by atoms with Crippen molar-refractivity contribution in [1.29, 1.82) is 5.26 Å². The molecule has 0 aliphatic carbocycles. The third kappa shape index (κ3) is 5.16. The highest BCUT2D eigenvalue weighted by Gasteiger charge is 2.29. The number of ether oxygens (including phenoxy) is 2. The van der Waals surface area contributed by atoms with Gasteiger partial charge in [-0.1, -0.05) is 17.3 Å². The number of fused-ring (bicyclic) bond motifs is 2. The topological polar surface area (TPSA) is 123 Å². The molecule has 4 aromatic heterocycles. The van der Waals surface area contributed by atoms with Crippen LogP contribution in [0.25, 0.3) is 27.1 Å². The molecule has 11 nitrogen and oxygen atoms in total. The van der Waals surface area contributed by atoms with Crippen molar-refractivity contribution >= 4 is 33.3 Å². The summed E-state index contributed by atoms with van der Waals surface area (Å²) >= 11 is 1.58. The number of hydrogen-bond acceptors (Lipinski definition) is 9. The molecule has 1 amide bonds. The number of rotatable bonds is 5. The average Bonchev–Trinajstić information content (AvgIpc) is 3.70. The molecule has 0 spiro atoms. The number of carbonyl (C=O) groups is 1. The number of thiazole rings is 1. The fourth-order valence-corrected chi connectivity index (χ4v) is 6.31. The molecule has 5 aromatic rings. The van der Waals surface area contributed by atoms with Crippen molar-refractivity contribution in [3.63, 3.8) is 0 Å². The summed E-state index contributed by atoms with van der Waals surface area (Å²) in [7, 11) is 0. The van der Waals surface area contributed by atoms with Crippen LogP contribution < -0.4 is 4.74 Å². The molecule has 1 aliphatic rings. The van der Waals surface area contributed by atoms with Gasteiger partial charge in [0.25, 0.3) is 0 Å². The first-order chi connectivity index (χ1) is 20.1. The Labute approximate surface area is 247 Å². The minimum absolute atomic E-state index is 0.112. The fraction of sp³-hybridized carbons (Fsp3) is 0.400. The molecule has 6 rings (SSSR count). The molecule has 1 unspecified atom stereocenters. The second kappa shape index (κ2) is 10.7. The first-order valence-corrected chi connectivity index (χ1v) is 14.8. The number of benzene rings is 1. The number of pyridine rings is 1. The normalized spacial score (nSPS) is 15.2. The molecule has 1 saturated heterocycles. The van der Waals surface area contributed by atoms with Crippen LogP contribution >= 0.6 is 11.3 Å². The lowest BCUT2D eigenvalue weighted by Gasteiger charge is -2.33. The summed E-state index contributed by atoms with van der Waals surface area (Å²) in [5, 5.41) is 18.8. The summed E-state index contributed by atoms with van der Waals surface area (Å²) in [5.74, 6) is 0.491. The number of aromatic nitrogens is 6. The van der Waals surface area contributed by atoms with Crippen LogP contribution in [0, 0.1) is 18.3 Å². The van der Waals surface area contributed by atoms with Crippen molar-refractivity contribution in [3.05, 3.63) is 59.0 Å². The van der Waals surface area contributed by atoms with E-state index in [1.54, 1.807) is 26.8 Å². The Bertz CT molecular complexity index is 1820. The molecule has 1 fully saturated rings. The van der Waals surface area contributed by atoms with Gasteiger partial charge < -0.3 is 14.4 Å². The van der Waals surface area contributed by atoms with E-state index in [9.17, 15) is 10.1 Å². The summed E-state index contributed by atoms with van der Waals surface area (Å²) in [6, 6.07) is 12.1. The number of amides is 1. The summed E-state index contributed by atoms with van der Waals surface area (Å²) in [6.45, 7) is 10.8. The van der Waals surface area contributed by atoms with E-state index in [4.69, 9.17) is 9.47 Å². The molecule has 1 atom stereocenters. The molecule has 0 radical (unpaired) electrons. The van der Waals surface area contributed by atoms with Crippen molar-refractivity contribution in [1.82, 2.24) is 34.3 Å². The van der Waals surface area contributed by atoms with E-state index in [0.29, 0.717) is 30.3 Å². The van der Waals surface area contributed by atoms with Crippen molar-refractivity contribution in [2.45, 2.75) is 65.2 Å². The van der Waals surface area contributed by atoms with Crippen LogP contribution in [0.5, 0.6) is 5.88 Å². The van der Waals surface area contributed by atoms with Crippen molar-refractivity contribution < 1.29 is 14.3 Å². The highest BCUT2D eigenvalue weighted by Crippen LogP contribution is 2.35. The highest BCUT2D eigenvalue weighted by atomic mass is 32.1. The van der Waals surface area contributed by atoms with Gasteiger partial charge in [-0.2, -0.15) is 5.26 Å². The summed E-state index contributed by atoms with van der Waals surface area (Å²) in [5.41, 5.74) is 6.65. The Morgan fingerprint density at radius 3 is 2.71 bits per heavy atom. The van der Waals surface area contributed by atoms with Crippen molar-refractivity contribution in [2.24, 2.45) is 0 Å². The van der Waals surface area contributed by atoms with Gasteiger partial charge in [-0.15, -0.1) is 16.4 Å². The number of likely N-dealkylation sites (tertiary alicyclic amines) is 1. The molecule has 12 heteroatoms. The number of carbonyl (C=O) groups excluding carboxylic acids is 1. The van der Waals surface area contributed by atoms with Gasteiger partial charge in [0.2, 0.25) is 5.88 Å². The zero-order valence-electron chi connectivity index (χ0n) is 24.2. The fourth-order valence-electron chi connectivity index (χ4n) is 5.43. The smallest absolute Gasteiger partial charge is 0.410 e. The lowest BCUT2D eigenvalue weighted by atomic mass is 10.0. The standard InChI is InChI=1S/C30H32N8O3S/c1-18-27(34-35-38(18)21-9-11-36(12-10-21)29(39)41-30(3,4)5)20-13-25-32-16-22(15-31)37(25)26(14-20)40-19(2)23-7-6-8-24-28(23)42-17-33-24/h6-8,13-14,16-17,19,21H,9-12H2,1-5H3. The predicted octanol–water partition coefficient (Wildman–Crippen LogP) is 6.09. The number of hydrogen-bond donors (Lipinski definition) is 0. The number of nitriles is 1. The molecule has 216 valence electrons. The van der Waals surface area contributed by atoms with Crippen LogP contribution in [-0.2, 0) is 4.74 Å². The third-order valence-corrected chi connectivity index (χ3v) is 8.36. The van der Waals surface area contributed by atoms with Crippen molar-refractivity contribution in [2.75, 3.05) is 13.1 Å². The molecule has 1 aromatic carbocycles. The molecule has 42 heavy (non-hydrogen) atoms. The van der Waals surface area contributed by atoms with Gasteiger partial charge in [0.15, 0.2) is 0 Å². The monoisotopic (exact) mass is 584 g/mol. The van der Waals surface area contributed by atoms with Gasteiger partial charge in [-0.3, -0.25) is 4.40 Å². The highest BCUT2D eigenvalue weighted by molar-refractivity contribution is 7.17. The molecular formula is C30H32N8O3S. The van der Waals surface area contributed by atoms with Gasteiger partial charge in [-0.05, 0) is 59.6 Å². The molecule has 1 aliphatic heterocycles. The molecular weight excluding hydrogens is 552 g/mol. The van der Waals surface area contributed by atoms with Gasteiger partial charge in [-0.25, -0.2) is 19.4 Å². The lowest BCUT2D eigenvalue weighted by molar-refractivity contribution is 0.0183. The van der Waals surface area contributed by atoms with Crippen LogP contribution in [-0.4, -0.2) is 59.0 Å². The predicted molar refractivity (Wildman–Crippen MR) is 158 cm³/mol.